The number of guanidine groups is 1. The van der Waals surface area contributed by atoms with Crippen LogP contribution in [0.4, 0.5) is 0 Å². The van der Waals surface area contributed by atoms with Crippen LogP contribution in [0.15, 0.2) is 4.99 Å². The lowest BCUT2D eigenvalue weighted by Gasteiger charge is -2.26. The van der Waals surface area contributed by atoms with E-state index in [0.717, 1.165) is 50.8 Å². The van der Waals surface area contributed by atoms with Crippen LogP contribution in [0.5, 0.6) is 0 Å². The van der Waals surface area contributed by atoms with Gasteiger partial charge < -0.3 is 15.5 Å². The number of thioether (sulfide) groups is 1. The number of amides is 1. The Balaban J connectivity index is 1.40. The van der Waals surface area contributed by atoms with Gasteiger partial charge in [-0.1, -0.05) is 19.3 Å². The normalized spacial score (nSPS) is 26.7. The van der Waals surface area contributed by atoms with Crippen LogP contribution in [-0.4, -0.2) is 61.0 Å². The standard InChI is InChI=1S/C19H34N4OS/c1-20-19(21-13-15-8-11-25-12-9-15)22-17-7-10-23(14-17)18(24)16-5-3-2-4-6-16/h15-17H,2-14H2,1H3,(H2,20,21,22). The first kappa shape index (κ1) is 18.9. The number of likely N-dealkylation sites (tertiary alicyclic amines) is 1. The van der Waals surface area contributed by atoms with Gasteiger partial charge in [0.2, 0.25) is 5.91 Å². The first-order valence-corrected chi connectivity index (χ1v) is 11.3. The molecule has 2 saturated heterocycles. The van der Waals surface area contributed by atoms with Gasteiger partial charge >= 0.3 is 0 Å². The Kier molecular flexibility index (Phi) is 7.32. The van der Waals surface area contributed by atoms with Crippen molar-refractivity contribution in [3.63, 3.8) is 0 Å². The molecule has 3 aliphatic rings. The van der Waals surface area contributed by atoms with E-state index >= 15 is 0 Å². The van der Waals surface area contributed by atoms with Crippen molar-refractivity contribution in [3.8, 4) is 0 Å². The summed E-state index contributed by atoms with van der Waals surface area (Å²) >= 11 is 2.07. The monoisotopic (exact) mass is 366 g/mol. The molecular weight excluding hydrogens is 332 g/mol. The fourth-order valence-corrected chi connectivity index (χ4v) is 5.47. The second-order valence-electron chi connectivity index (χ2n) is 7.76. The largest absolute Gasteiger partial charge is 0.356 e. The molecule has 3 rings (SSSR count). The molecule has 0 aromatic carbocycles. The van der Waals surface area contributed by atoms with E-state index in [9.17, 15) is 4.79 Å². The van der Waals surface area contributed by atoms with E-state index in [2.05, 4.69) is 32.3 Å². The van der Waals surface area contributed by atoms with E-state index in [1.807, 2.05) is 7.05 Å². The molecule has 6 heteroatoms. The first-order valence-electron chi connectivity index (χ1n) is 10.1. The highest BCUT2D eigenvalue weighted by atomic mass is 32.2. The fraction of sp³-hybridized carbons (Fsp3) is 0.895. The number of hydrogen-bond donors (Lipinski definition) is 2. The molecule has 1 amide bonds. The van der Waals surface area contributed by atoms with Crippen LogP contribution in [-0.2, 0) is 4.79 Å². The summed E-state index contributed by atoms with van der Waals surface area (Å²) in [5, 5.41) is 7.03. The van der Waals surface area contributed by atoms with Crippen LogP contribution in [0.1, 0.15) is 51.4 Å². The maximum absolute atomic E-state index is 12.7. The molecule has 0 bridgehead atoms. The Morgan fingerprint density at radius 1 is 1.12 bits per heavy atom. The summed E-state index contributed by atoms with van der Waals surface area (Å²) in [6.07, 6.45) is 9.58. The van der Waals surface area contributed by atoms with E-state index in [4.69, 9.17) is 0 Å². The van der Waals surface area contributed by atoms with E-state index < -0.39 is 0 Å². The Bertz CT molecular complexity index is 458. The third-order valence-electron chi connectivity index (χ3n) is 5.92. The van der Waals surface area contributed by atoms with Crippen molar-refractivity contribution >= 4 is 23.6 Å². The van der Waals surface area contributed by atoms with Gasteiger partial charge in [-0.05, 0) is 49.5 Å². The number of nitrogens with zero attached hydrogens (tertiary/aromatic N) is 2. The highest BCUT2D eigenvalue weighted by molar-refractivity contribution is 7.99. The van der Waals surface area contributed by atoms with Gasteiger partial charge in [0, 0.05) is 38.6 Å². The van der Waals surface area contributed by atoms with E-state index in [-0.39, 0.29) is 5.92 Å². The maximum Gasteiger partial charge on any atom is 0.225 e. The number of carbonyl (C=O) groups excluding carboxylic acids is 1. The predicted octanol–water partition coefficient (Wildman–Crippen LogP) is 2.48. The lowest BCUT2D eigenvalue weighted by atomic mass is 9.88. The van der Waals surface area contributed by atoms with E-state index in [0.29, 0.717) is 11.9 Å². The van der Waals surface area contributed by atoms with Gasteiger partial charge in [0.25, 0.3) is 0 Å². The van der Waals surface area contributed by atoms with Gasteiger partial charge in [0.15, 0.2) is 5.96 Å². The smallest absolute Gasteiger partial charge is 0.225 e. The summed E-state index contributed by atoms with van der Waals surface area (Å²) < 4.78 is 0. The molecule has 2 heterocycles. The summed E-state index contributed by atoms with van der Waals surface area (Å²) in [6.45, 7) is 2.73. The number of rotatable bonds is 4. The average Bonchev–Trinajstić information content (AvgIpc) is 3.14. The van der Waals surface area contributed by atoms with Gasteiger partial charge in [-0.2, -0.15) is 11.8 Å². The Morgan fingerprint density at radius 2 is 1.88 bits per heavy atom. The first-order chi connectivity index (χ1) is 12.3. The van der Waals surface area contributed by atoms with Crippen molar-refractivity contribution in [1.29, 1.82) is 0 Å². The van der Waals surface area contributed by atoms with Crippen LogP contribution >= 0.6 is 11.8 Å². The average molecular weight is 367 g/mol. The summed E-state index contributed by atoms with van der Waals surface area (Å²) in [5.74, 6) is 4.93. The van der Waals surface area contributed by atoms with Gasteiger partial charge in [-0.25, -0.2) is 0 Å². The lowest BCUT2D eigenvalue weighted by Crippen LogP contribution is -2.46. The number of carbonyl (C=O) groups is 1. The van der Waals surface area contributed by atoms with Crippen molar-refractivity contribution in [2.75, 3.05) is 38.2 Å². The molecule has 1 saturated carbocycles. The Hall–Kier alpha value is -0.910. The summed E-state index contributed by atoms with van der Waals surface area (Å²) in [6, 6.07) is 0.334. The molecule has 25 heavy (non-hydrogen) atoms. The fourth-order valence-electron chi connectivity index (χ4n) is 4.27. The minimum Gasteiger partial charge on any atom is -0.356 e. The molecule has 2 aliphatic heterocycles. The minimum atomic E-state index is 0.286. The van der Waals surface area contributed by atoms with E-state index in [1.54, 1.807) is 0 Å². The zero-order valence-corrected chi connectivity index (χ0v) is 16.5. The molecule has 1 unspecified atom stereocenters. The molecule has 142 valence electrons. The third kappa shape index (κ3) is 5.53. The predicted molar refractivity (Wildman–Crippen MR) is 106 cm³/mol. The van der Waals surface area contributed by atoms with Gasteiger partial charge in [-0.15, -0.1) is 0 Å². The third-order valence-corrected chi connectivity index (χ3v) is 6.97. The summed E-state index contributed by atoms with van der Waals surface area (Å²) in [5.41, 5.74) is 0. The molecule has 3 fully saturated rings. The second-order valence-corrected chi connectivity index (χ2v) is 8.98. The molecule has 0 aromatic rings. The van der Waals surface area contributed by atoms with Crippen molar-refractivity contribution in [2.24, 2.45) is 16.8 Å². The second kappa shape index (κ2) is 9.70. The van der Waals surface area contributed by atoms with Crippen LogP contribution in [0.2, 0.25) is 0 Å². The van der Waals surface area contributed by atoms with Crippen molar-refractivity contribution in [1.82, 2.24) is 15.5 Å². The number of aliphatic imine (C=N–C) groups is 1. The van der Waals surface area contributed by atoms with Crippen molar-refractivity contribution in [3.05, 3.63) is 0 Å². The topological polar surface area (TPSA) is 56.7 Å². The van der Waals surface area contributed by atoms with Crippen LogP contribution in [0, 0.1) is 11.8 Å². The lowest BCUT2D eigenvalue weighted by molar-refractivity contribution is -0.135. The zero-order valence-electron chi connectivity index (χ0n) is 15.6. The van der Waals surface area contributed by atoms with Crippen molar-refractivity contribution < 1.29 is 4.79 Å². The minimum absolute atomic E-state index is 0.286. The molecule has 0 aromatic heterocycles. The maximum atomic E-state index is 12.7. The Morgan fingerprint density at radius 3 is 2.60 bits per heavy atom. The van der Waals surface area contributed by atoms with Gasteiger partial charge in [0.1, 0.15) is 0 Å². The molecule has 5 nitrogen and oxygen atoms in total. The molecule has 0 spiro atoms. The Labute approximate surface area is 156 Å². The van der Waals surface area contributed by atoms with Gasteiger partial charge in [0.05, 0.1) is 0 Å². The van der Waals surface area contributed by atoms with Crippen LogP contribution in [0.25, 0.3) is 0 Å². The summed E-state index contributed by atoms with van der Waals surface area (Å²) in [4.78, 5) is 19.1. The SMILES string of the molecule is CN=C(NCC1CCSCC1)NC1CCN(C(=O)C2CCCCC2)C1. The molecule has 1 aliphatic carbocycles. The molecular formula is C19H34N4OS. The number of nitrogens with one attached hydrogen (secondary N) is 2. The summed E-state index contributed by atoms with van der Waals surface area (Å²) in [7, 11) is 1.84. The quantitative estimate of drug-likeness (QED) is 0.593. The highest BCUT2D eigenvalue weighted by Gasteiger charge is 2.31. The van der Waals surface area contributed by atoms with Crippen LogP contribution < -0.4 is 10.6 Å². The molecule has 1 atom stereocenters. The molecule has 0 radical (unpaired) electrons. The zero-order chi connectivity index (χ0) is 17.5. The highest BCUT2D eigenvalue weighted by Crippen LogP contribution is 2.27. The number of hydrogen-bond acceptors (Lipinski definition) is 3. The van der Waals surface area contributed by atoms with Crippen LogP contribution in [0.3, 0.4) is 0 Å². The van der Waals surface area contributed by atoms with Crippen molar-refractivity contribution in [2.45, 2.75) is 57.4 Å². The van der Waals surface area contributed by atoms with E-state index in [1.165, 1.54) is 43.6 Å². The molecule has 2 N–H and O–H groups in total. The van der Waals surface area contributed by atoms with Gasteiger partial charge in [-0.3, -0.25) is 9.79 Å².